The molecular weight excluding hydrogens is 365 g/mol. The van der Waals surface area contributed by atoms with Crippen molar-refractivity contribution in [2.45, 2.75) is 24.4 Å². The van der Waals surface area contributed by atoms with Crippen molar-refractivity contribution in [3.63, 3.8) is 0 Å². The molecule has 0 aliphatic carbocycles. The van der Waals surface area contributed by atoms with Crippen molar-refractivity contribution >= 4 is 5.91 Å². The van der Waals surface area contributed by atoms with Crippen molar-refractivity contribution in [3.05, 3.63) is 90.0 Å². The first-order valence-electron chi connectivity index (χ1n) is 9.96. The second kappa shape index (κ2) is 7.41. The smallest absolute Gasteiger partial charge is 0.227 e. The Labute approximate surface area is 169 Å². The van der Waals surface area contributed by atoms with Crippen molar-refractivity contribution in [1.29, 1.82) is 0 Å². The Hall–Kier alpha value is -3.05. The zero-order valence-corrected chi connectivity index (χ0v) is 16.0. The number of amides is 1. The monoisotopic (exact) mass is 387 g/mol. The van der Waals surface area contributed by atoms with Crippen LogP contribution in [0.1, 0.15) is 17.0 Å². The maximum absolute atomic E-state index is 13.1. The van der Waals surface area contributed by atoms with Crippen molar-refractivity contribution in [2.75, 3.05) is 13.1 Å². The number of nitrogens with zero attached hydrogens (tertiary/aromatic N) is 2. The highest BCUT2D eigenvalue weighted by Crippen LogP contribution is 2.37. The zero-order chi connectivity index (χ0) is 19.8. The number of aromatic nitrogens is 1. The summed E-state index contributed by atoms with van der Waals surface area (Å²) in [6.45, 7) is 1.48. The molecule has 1 unspecified atom stereocenters. The van der Waals surface area contributed by atoms with Gasteiger partial charge in [0.05, 0.1) is 6.42 Å². The molecule has 6 rings (SSSR count). The lowest BCUT2D eigenvalue weighted by Gasteiger charge is -2.55. The molecule has 0 spiro atoms. The minimum absolute atomic E-state index is 0.179. The van der Waals surface area contributed by atoms with Crippen molar-refractivity contribution in [1.82, 2.24) is 15.2 Å². The van der Waals surface area contributed by atoms with E-state index in [0.717, 1.165) is 29.8 Å². The molecule has 3 fully saturated rings. The van der Waals surface area contributed by atoms with E-state index in [1.807, 2.05) is 17.0 Å². The third-order valence-corrected chi connectivity index (χ3v) is 6.06. The van der Waals surface area contributed by atoms with Crippen LogP contribution in [0.4, 0.5) is 4.39 Å². The highest BCUT2D eigenvalue weighted by atomic mass is 19.1. The van der Waals surface area contributed by atoms with Gasteiger partial charge in [-0.3, -0.25) is 9.78 Å². The van der Waals surface area contributed by atoms with Crippen molar-refractivity contribution in [3.8, 4) is 11.1 Å². The van der Waals surface area contributed by atoms with Gasteiger partial charge >= 0.3 is 0 Å². The van der Waals surface area contributed by atoms with E-state index in [1.54, 1.807) is 24.5 Å². The van der Waals surface area contributed by atoms with Gasteiger partial charge in [0.25, 0.3) is 0 Å². The summed E-state index contributed by atoms with van der Waals surface area (Å²) in [5.41, 5.74) is 4.40. The predicted octanol–water partition coefficient (Wildman–Crippen LogP) is 3.40. The Morgan fingerprint density at radius 2 is 1.52 bits per heavy atom. The summed E-state index contributed by atoms with van der Waals surface area (Å²) in [5.74, 6) is 0.391. The van der Waals surface area contributed by atoms with Crippen LogP contribution in [-0.2, 0) is 11.2 Å². The maximum atomic E-state index is 13.1. The van der Waals surface area contributed by atoms with Gasteiger partial charge in [0, 0.05) is 43.5 Å². The number of piperidine rings is 1. The van der Waals surface area contributed by atoms with Gasteiger partial charge in [0.15, 0.2) is 0 Å². The Bertz CT molecular complexity index is 993. The molecule has 0 radical (unpaired) electrons. The van der Waals surface area contributed by atoms with E-state index in [0.29, 0.717) is 24.4 Å². The fraction of sp³-hybridized carbons (Fsp3) is 0.250. The number of nitrogens with one attached hydrogen (secondary N) is 1. The predicted molar refractivity (Wildman–Crippen MR) is 110 cm³/mol. The van der Waals surface area contributed by atoms with Crippen LogP contribution in [-0.4, -0.2) is 41.0 Å². The summed E-state index contributed by atoms with van der Waals surface area (Å²) in [5, 5.41) is 3.58. The van der Waals surface area contributed by atoms with E-state index < -0.39 is 0 Å². The number of halogens is 1. The molecule has 4 nitrogen and oxygen atoms in total. The number of carbonyl (C=O) groups excluding carboxylic acids is 1. The molecular formula is C24H22FN3O. The molecule has 3 aromatic rings. The fourth-order valence-corrected chi connectivity index (χ4v) is 4.52. The molecule has 4 heterocycles. The Balaban J connectivity index is 1.24. The van der Waals surface area contributed by atoms with Crippen molar-refractivity contribution in [2.24, 2.45) is 0 Å². The summed E-state index contributed by atoms with van der Waals surface area (Å²) in [7, 11) is 0. The summed E-state index contributed by atoms with van der Waals surface area (Å²) in [4.78, 5) is 18.6. The van der Waals surface area contributed by atoms with E-state index in [9.17, 15) is 9.18 Å². The van der Waals surface area contributed by atoms with Gasteiger partial charge in [-0.05, 0) is 46.5 Å². The summed E-state index contributed by atoms with van der Waals surface area (Å²) >= 11 is 0. The molecule has 3 aliphatic heterocycles. The Morgan fingerprint density at radius 1 is 0.931 bits per heavy atom. The molecule has 1 amide bonds. The third kappa shape index (κ3) is 3.54. The normalized spacial score (nSPS) is 22.8. The van der Waals surface area contributed by atoms with Crippen LogP contribution < -0.4 is 5.32 Å². The molecule has 3 atom stereocenters. The zero-order valence-electron chi connectivity index (χ0n) is 16.0. The van der Waals surface area contributed by atoms with Gasteiger partial charge in [-0.25, -0.2) is 4.39 Å². The van der Waals surface area contributed by atoms with E-state index in [2.05, 4.69) is 34.6 Å². The molecule has 0 saturated carbocycles. The van der Waals surface area contributed by atoms with Gasteiger partial charge in [0.1, 0.15) is 5.82 Å². The van der Waals surface area contributed by atoms with Crippen LogP contribution in [0.15, 0.2) is 73.1 Å². The van der Waals surface area contributed by atoms with Crippen LogP contribution in [0.5, 0.6) is 0 Å². The molecule has 1 aromatic heterocycles. The first kappa shape index (κ1) is 18.0. The number of carbonyl (C=O) groups is 1. The summed E-state index contributed by atoms with van der Waals surface area (Å²) < 4.78 is 13.1. The lowest BCUT2D eigenvalue weighted by molar-refractivity contribution is -0.135. The van der Waals surface area contributed by atoms with Crippen molar-refractivity contribution < 1.29 is 9.18 Å². The number of piperazine rings is 1. The van der Waals surface area contributed by atoms with Gasteiger partial charge in [0.2, 0.25) is 5.91 Å². The lowest BCUT2D eigenvalue weighted by atomic mass is 9.74. The average Bonchev–Trinajstić information content (AvgIpc) is 2.76. The van der Waals surface area contributed by atoms with E-state index in [-0.39, 0.29) is 11.7 Å². The third-order valence-electron chi connectivity index (χ3n) is 6.06. The maximum Gasteiger partial charge on any atom is 0.227 e. The molecule has 1 N–H and O–H groups in total. The van der Waals surface area contributed by atoms with Gasteiger partial charge in [-0.1, -0.05) is 36.4 Å². The first-order chi connectivity index (χ1) is 14.2. The molecule has 2 aromatic carbocycles. The highest BCUT2D eigenvalue weighted by molar-refractivity contribution is 5.79. The summed E-state index contributed by atoms with van der Waals surface area (Å²) in [6, 6.07) is 19.5. The quantitative estimate of drug-likeness (QED) is 0.746. The van der Waals surface area contributed by atoms with Gasteiger partial charge < -0.3 is 10.2 Å². The lowest BCUT2D eigenvalue weighted by Crippen LogP contribution is -2.72. The number of hydrogen-bond acceptors (Lipinski definition) is 3. The topological polar surface area (TPSA) is 45.2 Å². The van der Waals surface area contributed by atoms with E-state index in [1.165, 1.54) is 17.7 Å². The van der Waals surface area contributed by atoms with E-state index >= 15 is 0 Å². The SMILES string of the molecule is O=C(Cc1ccncc1)N1C[C@@H]2N[C@H](C1)C2c1ccc(-c2ccc(F)cc2)cc1. The van der Waals surface area contributed by atoms with Crippen LogP contribution >= 0.6 is 0 Å². The number of fused-ring (bicyclic) bond motifs is 2. The number of pyridine rings is 1. The Kier molecular flexibility index (Phi) is 4.60. The molecule has 29 heavy (non-hydrogen) atoms. The largest absolute Gasteiger partial charge is 0.339 e. The Morgan fingerprint density at radius 3 is 2.14 bits per heavy atom. The van der Waals surface area contributed by atoms with Gasteiger partial charge in [-0.15, -0.1) is 0 Å². The highest BCUT2D eigenvalue weighted by Gasteiger charge is 2.47. The van der Waals surface area contributed by atoms with Crippen LogP contribution in [0.25, 0.3) is 11.1 Å². The molecule has 2 bridgehead atoms. The standard InChI is InChI=1S/C24H22FN3O/c25-20-7-5-18(6-8-20)17-1-3-19(4-2-17)24-21-14-28(15-22(24)27-21)23(29)13-16-9-11-26-12-10-16/h1-12,21-22,24,27H,13-15H2/t21-,22+,24?. The average molecular weight is 387 g/mol. The molecule has 3 saturated heterocycles. The summed E-state index contributed by atoms with van der Waals surface area (Å²) in [6.07, 6.45) is 3.88. The van der Waals surface area contributed by atoms with Crippen LogP contribution in [0.3, 0.4) is 0 Å². The number of rotatable bonds is 4. The van der Waals surface area contributed by atoms with Gasteiger partial charge in [-0.2, -0.15) is 0 Å². The van der Waals surface area contributed by atoms with Crippen LogP contribution in [0.2, 0.25) is 0 Å². The number of benzene rings is 2. The second-order valence-corrected chi connectivity index (χ2v) is 7.87. The number of hydrogen-bond donors (Lipinski definition) is 1. The first-order valence-corrected chi connectivity index (χ1v) is 9.96. The molecule has 3 aliphatic rings. The second-order valence-electron chi connectivity index (χ2n) is 7.87. The fourth-order valence-electron chi connectivity index (χ4n) is 4.52. The minimum Gasteiger partial charge on any atom is -0.339 e. The van der Waals surface area contributed by atoms with Crippen LogP contribution in [0, 0.1) is 5.82 Å². The molecule has 146 valence electrons. The molecule has 5 heteroatoms. The minimum atomic E-state index is -0.221. The van der Waals surface area contributed by atoms with E-state index in [4.69, 9.17) is 0 Å².